The third-order valence-corrected chi connectivity index (χ3v) is 4.31. The number of hydrogen-bond donors (Lipinski definition) is 1. The van der Waals surface area contributed by atoms with Crippen LogP contribution in [0.1, 0.15) is 18.0 Å². The first-order valence-corrected chi connectivity index (χ1v) is 7.92. The number of ether oxygens (including phenoxy) is 1. The van der Waals surface area contributed by atoms with Crippen LogP contribution in [0.25, 0.3) is 0 Å². The molecular weight excluding hydrogens is 370 g/mol. The molecule has 118 valence electrons. The van der Waals surface area contributed by atoms with Crippen molar-refractivity contribution in [2.45, 2.75) is 12.5 Å². The van der Waals surface area contributed by atoms with E-state index in [1.54, 1.807) is 20.4 Å². The topological polar surface area (TPSA) is 56.1 Å². The van der Waals surface area contributed by atoms with Crippen molar-refractivity contribution in [3.8, 4) is 0 Å². The summed E-state index contributed by atoms with van der Waals surface area (Å²) in [5.74, 6) is 0. The summed E-state index contributed by atoms with van der Waals surface area (Å²) < 4.78 is 6.91. The molecule has 0 aliphatic carbocycles. The second-order valence-electron chi connectivity index (χ2n) is 4.83. The lowest BCUT2D eigenvalue weighted by Gasteiger charge is -2.21. The van der Waals surface area contributed by atoms with Crippen LogP contribution in [0.15, 0.2) is 39.7 Å². The number of halogens is 2. The lowest BCUT2D eigenvalue weighted by Crippen LogP contribution is -2.22. The highest BCUT2D eigenvalue weighted by molar-refractivity contribution is 9.10. The Kier molecular flexibility index (Phi) is 5.99. The van der Waals surface area contributed by atoms with Gasteiger partial charge in [-0.2, -0.15) is 5.10 Å². The average molecular weight is 387 g/mol. The number of anilines is 1. The highest BCUT2D eigenvalue weighted by Gasteiger charge is 2.15. The molecule has 0 saturated carbocycles. The molecule has 0 spiro atoms. The summed E-state index contributed by atoms with van der Waals surface area (Å²) in [5, 5.41) is 8.07. The van der Waals surface area contributed by atoms with Gasteiger partial charge in [-0.1, -0.05) is 23.7 Å². The maximum absolute atomic E-state index is 11.9. The molecule has 1 aromatic carbocycles. The molecule has 1 atom stereocenters. The van der Waals surface area contributed by atoms with Gasteiger partial charge in [0.05, 0.1) is 17.9 Å². The van der Waals surface area contributed by atoms with E-state index in [1.807, 2.05) is 24.3 Å². The predicted octanol–water partition coefficient (Wildman–Crippen LogP) is 3.39. The molecule has 1 heterocycles. The van der Waals surface area contributed by atoms with Crippen molar-refractivity contribution in [3.05, 3.63) is 55.9 Å². The summed E-state index contributed by atoms with van der Waals surface area (Å²) in [6.45, 7) is 0.593. The summed E-state index contributed by atoms with van der Waals surface area (Å²) in [4.78, 5) is 11.9. The molecule has 0 fully saturated rings. The molecule has 0 aliphatic heterocycles. The van der Waals surface area contributed by atoms with Gasteiger partial charge in [0.15, 0.2) is 0 Å². The van der Waals surface area contributed by atoms with Crippen LogP contribution in [-0.2, 0) is 11.8 Å². The van der Waals surface area contributed by atoms with E-state index < -0.39 is 0 Å². The first kappa shape index (κ1) is 17.0. The highest BCUT2D eigenvalue weighted by Crippen LogP contribution is 2.26. The molecule has 2 rings (SSSR count). The Morgan fingerprint density at radius 1 is 1.41 bits per heavy atom. The lowest BCUT2D eigenvalue weighted by atomic mass is 10.0. The van der Waals surface area contributed by atoms with Crippen LogP contribution in [-0.4, -0.2) is 23.5 Å². The lowest BCUT2D eigenvalue weighted by molar-refractivity contribution is 0.190. The maximum Gasteiger partial charge on any atom is 0.282 e. The normalized spacial score (nSPS) is 12.2. The number of benzene rings is 1. The third-order valence-electron chi connectivity index (χ3n) is 3.29. The molecule has 0 saturated heterocycles. The SMILES string of the molecule is COCCC(Nc1cnn(C)c(=O)c1Br)c1ccc(Cl)cc1. The zero-order chi connectivity index (χ0) is 16.1. The van der Waals surface area contributed by atoms with E-state index in [1.165, 1.54) is 4.68 Å². The van der Waals surface area contributed by atoms with Gasteiger partial charge in [0.1, 0.15) is 4.47 Å². The van der Waals surface area contributed by atoms with Crippen molar-refractivity contribution in [2.24, 2.45) is 7.05 Å². The number of aromatic nitrogens is 2. The van der Waals surface area contributed by atoms with Gasteiger partial charge in [-0.3, -0.25) is 4.79 Å². The van der Waals surface area contributed by atoms with Crippen molar-refractivity contribution in [1.82, 2.24) is 9.78 Å². The number of nitrogens with one attached hydrogen (secondary N) is 1. The molecule has 0 radical (unpaired) electrons. The molecule has 7 heteroatoms. The van der Waals surface area contributed by atoms with Crippen LogP contribution in [0.2, 0.25) is 5.02 Å². The quantitative estimate of drug-likeness (QED) is 0.827. The molecule has 1 unspecified atom stereocenters. The Balaban J connectivity index is 2.29. The van der Waals surface area contributed by atoms with Gasteiger partial charge in [-0.05, 0) is 40.0 Å². The number of rotatable bonds is 6. The van der Waals surface area contributed by atoms with Crippen LogP contribution < -0.4 is 10.9 Å². The highest BCUT2D eigenvalue weighted by atomic mass is 79.9. The van der Waals surface area contributed by atoms with Gasteiger partial charge in [0.25, 0.3) is 5.56 Å². The Hall–Kier alpha value is -1.37. The number of aryl methyl sites for hydroxylation is 1. The number of nitrogens with zero attached hydrogens (tertiary/aromatic N) is 2. The standard InChI is InChI=1S/C15H17BrClN3O2/c1-20-15(21)14(16)13(9-18-20)19-12(7-8-22-2)10-3-5-11(17)6-4-10/h3-6,9,12,19H,7-8H2,1-2H3. The van der Waals surface area contributed by atoms with E-state index in [-0.39, 0.29) is 11.6 Å². The summed E-state index contributed by atoms with van der Waals surface area (Å²) in [6, 6.07) is 7.59. The zero-order valence-corrected chi connectivity index (χ0v) is 14.7. The summed E-state index contributed by atoms with van der Waals surface area (Å²) >= 11 is 9.26. The summed E-state index contributed by atoms with van der Waals surface area (Å²) in [7, 11) is 3.27. The zero-order valence-electron chi connectivity index (χ0n) is 12.3. The van der Waals surface area contributed by atoms with E-state index in [9.17, 15) is 4.79 Å². The Morgan fingerprint density at radius 3 is 2.73 bits per heavy atom. The Morgan fingerprint density at radius 2 is 2.09 bits per heavy atom. The molecule has 22 heavy (non-hydrogen) atoms. The Labute approximate surface area is 142 Å². The molecule has 0 aliphatic rings. The third kappa shape index (κ3) is 4.09. The van der Waals surface area contributed by atoms with Crippen LogP contribution in [0.4, 0.5) is 5.69 Å². The van der Waals surface area contributed by atoms with Crippen molar-refractivity contribution < 1.29 is 4.74 Å². The largest absolute Gasteiger partial charge is 0.385 e. The minimum Gasteiger partial charge on any atom is -0.385 e. The molecular formula is C15H17BrClN3O2. The molecule has 0 bridgehead atoms. The van der Waals surface area contributed by atoms with Crippen molar-refractivity contribution in [2.75, 3.05) is 19.0 Å². The van der Waals surface area contributed by atoms with E-state index in [0.717, 1.165) is 12.0 Å². The van der Waals surface area contributed by atoms with E-state index in [4.69, 9.17) is 16.3 Å². The number of hydrogen-bond acceptors (Lipinski definition) is 4. The summed E-state index contributed by atoms with van der Waals surface area (Å²) in [6.07, 6.45) is 2.38. The molecule has 1 aromatic heterocycles. The monoisotopic (exact) mass is 385 g/mol. The molecule has 2 aromatic rings. The molecule has 1 N–H and O–H groups in total. The minimum absolute atomic E-state index is 0.0116. The van der Waals surface area contributed by atoms with E-state index in [0.29, 0.717) is 21.8 Å². The molecule has 5 nitrogen and oxygen atoms in total. The average Bonchev–Trinajstić information content (AvgIpc) is 2.52. The fraction of sp³-hybridized carbons (Fsp3) is 0.333. The van der Waals surface area contributed by atoms with Gasteiger partial charge in [0.2, 0.25) is 0 Å². The van der Waals surface area contributed by atoms with Crippen molar-refractivity contribution in [3.63, 3.8) is 0 Å². The second kappa shape index (κ2) is 7.76. The van der Waals surface area contributed by atoms with Gasteiger partial charge in [0, 0.05) is 25.8 Å². The van der Waals surface area contributed by atoms with Crippen LogP contribution in [0.3, 0.4) is 0 Å². The van der Waals surface area contributed by atoms with E-state index >= 15 is 0 Å². The van der Waals surface area contributed by atoms with Crippen LogP contribution >= 0.6 is 27.5 Å². The van der Waals surface area contributed by atoms with Crippen molar-refractivity contribution in [1.29, 1.82) is 0 Å². The number of methoxy groups -OCH3 is 1. The van der Waals surface area contributed by atoms with Gasteiger partial charge in [-0.25, -0.2) is 4.68 Å². The first-order chi connectivity index (χ1) is 10.5. The fourth-order valence-corrected chi connectivity index (χ4v) is 2.65. The van der Waals surface area contributed by atoms with E-state index in [2.05, 4.69) is 26.3 Å². The van der Waals surface area contributed by atoms with Gasteiger partial charge in [-0.15, -0.1) is 0 Å². The second-order valence-corrected chi connectivity index (χ2v) is 6.06. The van der Waals surface area contributed by atoms with Crippen LogP contribution in [0, 0.1) is 0 Å². The predicted molar refractivity (Wildman–Crippen MR) is 91.5 cm³/mol. The maximum atomic E-state index is 11.9. The first-order valence-electron chi connectivity index (χ1n) is 6.75. The van der Waals surface area contributed by atoms with Gasteiger partial charge < -0.3 is 10.1 Å². The smallest absolute Gasteiger partial charge is 0.282 e. The molecule has 0 amide bonds. The van der Waals surface area contributed by atoms with Gasteiger partial charge >= 0.3 is 0 Å². The Bertz CT molecular complexity index is 688. The fourth-order valence-electron chi connectivity index (χ4n) is 2.05. The van der Waals surface area contributed by atoms with Crippen LogP contribution in [0.5, 0.6) is 0 Å². The van der Waals surface area contributed by atoms with Crippen molar-refractivity contribution >= 4 is 33.2 Å². The summed E-state index contributed by atoms with van der Waals surface area (Å²) in [5.41, 5.74) is 1.53. The minimum atomic E-state index is -0.188.